The Morgan fingerprint density at radius 2 is 1.89 bits per heavy atom. The molecule has 1 saturated heterocycles. The van der Waals surface area contributed by atoms with Crippen LogP contribution in [-0.4, -0.2) is 44.0 Å². The van der Waals surface area contributed by atoms with Gasteiger partial charge in [0.15, 0.2) is 0 Å². The summed E-state index contributed by atoms with van der Waals surface area (Å²) in [5.41, 5.74) is 3.21. The van der Waals surface area contributed by atoms with Gasteiger partial charge in [-0.15, -0.1) is 0 Å². The average Bonchev–Trinajstić information content (AvgIpc) is 3.26. The smallest absolute Gasteiger partial charge is 0.300 e. The highest BCUT2D eigenvalue weighted by Gasteiger charge is 2.39. The molecule has 0 spiro atoms. The van der Waals surface area contributed by atoms with E-state index in [1.165, 1.54) is 0 Å². The summed E-state index contributed by atoms with van der Waals surface area (Å²) in [7, 11) is 3.30. The summed E-state index contributed by atoms with van der Waals surface area (Å²) in [4.78, 5) is 28.9. The van der Waals surface area contributed by atoms with E-state index in [-0.39, 0.29) is 6.04 Å². The topological polar surface area (TPSA) is 59.1 Å². The molecule has 2 aliphatic heterocycles. The first-order chi connectivity index (χ1) is 13.5. The molecular formula is C22H24N2O4. The van der Waals surface area contributed by atoms with Crippen molar-refractivity contribution in [3.63, 3.8) is 0 Å². The van der Waals surface area contributed by atoms with E-state index in [0.29, 0.717) is 17.9 Å². The molecule has 0 aromatic heterocycles. The highest BCUT2D eigenvalue weighted by Crippen LogP contribution is 2.40. The number of anilines is 1. The van der Waals surface area contributed by atoms with Crippen LogP contribution >= 0.6 is 0 Å². The van der Waals surface area contributed by atoms with E-state index in [9.17, 15) is 9.59 Å². The number of carbonyl (C=O) groups is 2. The monoisotopic (exact) mass is 380 g/mol. The van der Waals surface area contributed by atoms with Gasteiger partial charge < -0.3 is 9.47 Å². The number of benzene rings is 2. The molecule has 2 aromatic carbocycles. The van der Waals surface area contributed by atoms with Crippen LogP contribution in [0.15, 0.2) is 36.4 Å². The molecule has 1 fully saturated rings. The lowest BCUT2D eigenvalue weighted by molar-refractivity contribution is -0.114. The minimum atomic E-state index is -0.455. The van der Waals surface area contributed by atoms with Gasteiger partial charge in [-0.1, -0.05) is 11.6 Å². The highest BCUT2D eigenvalue weighted by atomic mass is 16.5. The summed E-state index contributed by atoms with van der Waals surface area (Å²) in [6, 6.07) is 11.5. The number of rotatable bonds is 5. The molecule has 0 aliphatic carbocycles. The standard InChI is InChI=1S/C22H24N2O4/c1-14-6-8-19-17(11-14)21(25)22(26)24(19)13-23-10-4-5-18(23)16-12-15(27-2)7-9-20(16)28-3/h6-9,11-12,18H,4-5,10,13H2,1-3H3/t18-/m0/s1. The molecule has 146 valence electrons. The maximum atomic E-state index is 12.6. The van der Waals surface area contributed by atoms with Crippen molar-refractivity contribution in [3.8, 4) is 11.5 Å². The van der Waals surface area contributed by atoms with Gasteiger partial charge in [0.1, 0.15) is 11.5 Å². The van der Waals surface area contributed by atoms with Crippen molar-refractivity contribution >= 4 is 17.4 Å². The Labute approximate surface area is 164 Å². The molecule has 1 amide bonds. The van der Waals surface area contributed by atoms with Crippen LogP contribution in [0.2, 0.25) is 0 Å². The molecule has 2 heterocycles. The number of methoxy groups -OCH3 is 2. The Kier molecular flexibility index (Phi) is 4.81. The second kappa shape index (κ2) is 7.28. The number of carbonyl (C=O) groups excluding carboxylic acids is 2. The molecule has 6 heteroatoms. The van der Waals surface area contributed by atoms with Gasteiger partial charge in [-0.05, 0) is 50.1 Å². The number of Topliss-reactive ketones (excluding diaryl/α,β-unsaturated/α-hetero) is 1. The average molecular weight is 380 g/mol. The van der Waals surface area contributed by atoms with Crippen molar-refractivity contribution in [2.24, 2.45) is 0 Å². The number of hydrogen-bond acceptors (Lipinski definition) is 5. The van der Waals surface area contributed by atoms with E-state index >= 15 is 0 Å². The first-order valence-corrected chi connectivity index (χ1v) is 9.46. The lowest BCUT2D eigenvalue weighted by Crippen LogP contribution is -2.40. The van der Waals surface area contributed by atoms with Crippen molar-refractivity contribution in [1.29, 1.82) is 0 Å². The summed E-state index contributed by atoms with van der Waals surface area (Å²) in [6.45, 7) is 3.15. The van der Waals surface area contributed by atoms with E-state index in [1.807, 2.05) is 37.3 Å². The lowest BCUT2D eigenvalue weighted by atomic mass is 10.0. The van der Waals surface area contributed by atoms with Crippen LogP contribution in [0.3, 0.4) is 0 Å². The van der Waals surface area contributed by atoms with Crippen LogP contribution in [0.4, 0.5) is 5.69 Å². The molecule has 4 rings (SSSR count). The molecular weight excluding hydrogens is 356 g/mol. The molecule has 0 saturated carbocycles. The van der Waals surface area contributed by atoms with Gasteiger partial charge in [0.2, 0.25) is 0 Å². The normalized spacial score (nSPS) is 19.2. The van der Waals surface area contributed by atoms with E-state index in [1.54, 1.807) is 25.2 Å². The van der Waals surface area contributed by atoms with Gasteiger partial charge in [-0.3, -0.25) is 19.4 Å². The van der Waals surface area contributed by atoms with Gasteiger partial charge in [0, 0.05) is 18.2 Å². The minimum absolute atomic E-state index is 0.0995. The fourth-order valence-corrected chi connectivity index (χ4v) is 4.18. The summed E-state index contributed by atoms with van der Waals surface area (Å²) in [5, 5.41) is 0. The fourth-order valence-electron chi connectivity index (χ4n) is 4.18. The van der Waals surface area contributed by atoms with Crippen LogP contribution in [-0.2, 0) is 4.79 Å². The SMILES string of the molecule is COc1ccc(OC)c([C@@H]2CCCN2CN2C(=O)C(=O)c3cc(C)ccc32)c1. The van der Waals surface area contributed by atoms with Crippen molar-refractivity contribution in [2.75, 3.05) is 32.3 Å². The number of hydrogen-bond donors (Lipinski definition) is 0. The van der Waals surface area contributed by atoms with Gasteiger partial charge in [0.05, 0.1) is 32.1 Å². The third kappa shape index (κ3) is 3.03. The Morgan fingerprint density at radius 1 is 1.07 bits per heavy atom. The van der Waals surface area contributed by atoms with Crippen LogP contribution in [0.5, 0.6) is 11.5 Å². The molecule has 0 unspecified atom stereocenters. The van der Waals surface area contributed by atoms with E-state index in [2.05, 4.69) is 4.90 Å². The number of aryl methyl sites for hydroxylation is 1. The predicted octanol–water partition coefficient (Wildman–Crippen LogP) is 3.34. The van der Waals surface area contributed by atoms with Gasteiger partial charge in [0.25, 0.3) is 5.78 Å². The zero-order valence-electron chi connectivity index (χ0n) is 16.4. The first kappa shape index (κ1) is 18.5. The molecule has 2 aliphatic rings. The summed E-state index contributed by atoms with van der Waals surface area (Å²) in [5.74, 6) is 0.700. The zero-order chi connectivity index (χ0) is 19.8. The van der Waals surface area contributed by atoms with E-state index in [4.69, 9.17) is 9.47 Å². The maximum Gasteiger partial charge on any atom is 0.300 e. The zero-order valence-corrected chi connectivity index (χ0v) is 16.4. The number of likely N-dealkylation sites (tertiary alicyclic amines) is 1. The molecule has 6 nitrogen and oxygen atoms in total. The largest absolute Gasteiger partial charge is 0.497 e. The number of nitrogens with zero attached hydrogens (tertiary/aromatic N) is 2. The maximum absolute atomic E-state index is 12.6. The minimum Gasteiger partial charge on any atom is -0.497 e. The van der Waals surface area contributed by atoms with Crippen LogP contribution < -0.4 is 14.4 Å². The van der Waals surface area contributed by atoms with Crippen LogP contribution in [0, 0.1) is 6.92 Å². The van der Waals surface area contributed by atoms with Gasteiger partial charge in [-0.25, -0.2) is 0 Å². The number of amides is 1. The third-order valence-electron chi connectivity index (χ3n) is 5.61. The molecule has 0 bridgehead atoms. The second-order valence-corrected chi connectivity index (χ2v) is 7.30. The van der Waals surface area contributed by atoms with Crippen LogP contribution in [0.25, 0.3) is 0 Å². The fraction of sp³-hybridized carbons (Fsp3) is 0.364. The van der Waals surface area contributed by atoms with E-state index in [0.717, 1.165) is 42.0 Å². The molecule has 2 aromatic rings. The van der Waals surface area contributed by atoms with Crippen molar-refractivity contribution < 1.29 is 19.1 Å². The van der Waals surface area contributed by atoms with Gasteiger partial charge >= 0.3 is 5.91 Å². The van der Waals surface area contributed by atoms with Crippen molar-refractivity contribution in [2.45, 2.75) is 25.8 Å². The molecule has 0 N–H and O–H groups in total. The number of ketones is 1. The Bertz CT molecular complexity index is 940. The Hall–Kier alpha value is -2.86. The van der Waals surface area contributed by atoms with E-state index < -0.39 is 11.7 Å². The molecule has 0 radical (unpaired) electrons. The third-order valence-corrected chi connectivity index (χ3v) is 5.61. The van der Waals surface area contributed by atoms with Gasteiger partial charge in [-0.2, -0.15) is 0 Å². The summed E-state index contributed by atoms with van der Waals surface area (Å²) in [6.07, 6.45) is 1.97. The quantitative estimate of drug-likeness (QED) is 0.745. The Balaban J connectivity index is 1.64. The number of fused-ring (bicyclic) bond motifs is 1. The summed E-state index contributed by atoms with van der Waals surface area (Å²) >= 11 is 0. The lowest BCUT2D eigenvalue weighted by Gasteiger charge is -2.30. The van der Waals surface area contributed by atoms with Crippen LogP contribution in [0.1, 0.15) is 40.4 Å². The van der Waals surface area contributed by atoms with Crippen molar-refractivity contribution in [1.82, 2.24) is 4.90 Å². The number of ether oxygens (including phenoxy) is 2. The highest BCUT2D eigenvalue weighted by molar-refractivity contribution is 6.52. The molecule has 1 atom stereocenters. The Morgan fingerprint density at radius 3 is 2.64 bits per heavy atom. The van der Waals surface area contributed by atoms with Crippen molar-refractivity contribution in [3.05, 3.63) is 53.1 Å². The summed E-state index contributed by atoms with van der Waals surface area (Å²) < 4.78 is 11.0. The molecule has 28 heavy (non-hydrogen) atoms. The first-order valence-electron chi connectivity index (χ1n) is 9.46. The second-order valence-electron chi connectivity index (χ2n) is 7.30. The predicted molar refractivity (Wildman–Crippen MR) is 106 cm³/mol.